The predicted octanol–water partition coefficient (Wildman–Crippen LogP) is 3.70. The molecule has 0 saturated carbocycles. The lowest BCUT2D eigenvalue weighted by Gasteiger charge is -2.20. The van der Waals surface area contributed by atoms with Crippen molar-refractivity contribution in [2.75, 3.05) is 4.90 Å². The van der Waals surface area contributed by atoms with E-state index in [1.54, 1.807) is 0 Å². The highest BCUT2D eigenvalue weighted by molar-refractivity contribution is 6.31. The van der Waals surface area contributed by atoms with Crippen LogP contribution in [0.4, 0.5) is 11.4 Å². The molecule has 0 aromatic heterocycles. The van der Waals surface area contributed by atoms with Gasteiger partial charge in [-0.2, -0.15) is 0 Å². The van der Waals surface area contributed by atoms with E-state index in [2.05, 4.69) is 0 Å². The Morgan fingerprint density at radius 3 is 1.68 bits per heavy atom. The van der Waals surface area contributed by atoms with Crippen LogP contribution < -0.4 is 4.90 Å². The average Bonchev–Trinajstić information content (AvgIpc) is 2.38. The molecule has 0 atom stereocenters. The molecule has 0 bridgehead atoms. The van der Waals surface area contributed by atoms with Crippen LogP contribution in [0.5, 0.6) is 11.5 Å². The topological polar surface area (TPSA) is 60.8 Å². The van der Waals surface area contributed by atoms with E-state index in [1.807, 2.05) is 0 Å². The summed E-state index contributed by atoms with van der Waals surface area (Å²) in [5.41, 5.74) is 0.306. The van der Waals surface area contributed by atoms with Crippen LogP contribution in [-0.4, -0.2) is 16.6 Å². The van der Waals surface area contributed by atoms with Crippen molar-refractivity contribution >= 4 is 41.0 Å². The number of carbonyl (C=O) groups is 1. The fraction of sp³-hybridized carbons (Fsp3) is 0. The van der Waals surface area contributed by atoms with Gasteiger partial charge in [-0.05, 0) is 36.4 Å². The van der Waals surface area contributed by atoms with Gasteiger partial charge in [0.05, 0.1) is 11.4 Å². The van der Waals surface area contributed by atoms with Gasteiger partial charge >= 0.3 is 0 Å². The zero-order valence-electron chi connectivity index (χ0n) is 9.55. The summed E-state index contributed by atoms with van der Waals surface area (Å²) in [6, 6.07) is 8.51. The minimum Gasteiger partial charge on any atom is -0.506 e. The zero-order chi connectivity index (χ0) is 14.0. The maximum Gasteiger partial charge on any atom is 0.218 e. The minimum absolute atomic E-state index is 0.143. The maximum atomic E-state index is 11.3. The van der Waals surface area contributed by atoms with Crippen molar-refractivity contribution in [3.05, 3.63) is 46.4 Å². The molecule has 98 valence electrons. The van der Waals surface area contributed by atoms with Crippen LogP contribution in [0.1, 0.15) is 0 Å². The molecule has 0 spiro atoms. The molecule has 2 aromatic carbocycles. The number of carbonyl (C=O) groups excluding carboxylic acids is 1. The van der Waals surface area contributed by atoms with Gasteiger partial charge in [-0.3, -0.25) is 9.69 Å². The van der Waals surface area contributed by atoms with E-state index < -0.39 is 0 Å². The van der Waals surface area contributed by atoms with E-state index in [0.29, 0.717) is 16.5 Å². The second kappa shape index (κ2) is 5.38. The summed E-state index contributed by atoms with van der Waals surface area (Å²) in [6.07, 6.45) is 0.455. The fourth-order valence-electron chi connectivity index (χ4n) is 1.62. The first-order valence-corrected chi connectivity index (χ1v) is 6.00. The molecule has 0 aliphatic rings. The average molecular weight is 298 g/mol. The SMILES string of the molecule is O=CN(c1cc(Cl)ccc1O)c1cc(Cl)ccc1O. The third-order valence-electron chi connectivity index (χ3n) is 2.50. The number of nitrogens with zero attached hydrogens (tertiary/aromatic N) is 1. The summed E-state index contributed by atoms with van der Waals surface area (Å²) >= 11 is 11.7. The number of benzene rings is 2. The van der Waals surface area contributed by atoms with Gasteiger partial charge < -0.3 is 10.2 Å². The number of hydrogen-bond donors (Lipinski definition) is 2. The number of amides is 1. The summed E-state index contributed by atoms with van der Waals surface area (Å²) in [6.45, 7) is 0. The van der Waals surface area contributed by atoms with E-state index in [0.717, 1.165) is 4.90 Å². The molecule has 2 aromatic rings. The van der Waals surface area contributed by atoms with Gasteiger partial charge in [0.1, 0.15) is 11.5 Å². The van der Waals surface area contributed by atoms with Gasteiger partial charge in [-0.15, -0.1) is 0 Å². The Morgan fingerprint density at radius 2 is 1.32 bits per heavy atom. The van der Waals surface area contributed by atoms with Crippen LogP contribution in [0.25, 0.3) is 0 Å². The Hall–Kier alpha value is -1.91. The van der Waals surface area contributed by atoms with Gasteiger partial charge in [0.2, 0.25) is 6.41 Å². The van der Waals surface area contributed by atoms with E-state index in [-0.39, 0.29) is 22.9 Å². The molecule has 2 rings (SSSR count). The maximum absolute atomic E-state index is 11.3. The number of phenols is 2. The smallest absolute Gasteiger partial charge is 0.218 e. The number of anilines is 2. The third-order valence-corrected chi connectivity index (χ3v) is 2.97. The highest BCUT2D eigenvalue weighted by Gasteiger charge is 2.17. The molecule has 0 radical (unpaired) electrons. The summed E-state index contributed by atoms with van der Waals surface area (Å²) < 4.78 is 0. The van der Waals surface area contributed by atoms with E-state index in [9.17, 15) is 15.0 Å². The number of hydrogen-bond acceptors (Lipinski definition) is 3. The van der Waals surface area contributed by atoms with Crippen LogP contribution in [-0.2, 0) is 4.79 Å². The van der Waals surface area contributed by atoms with Crippen molar-refractivity contribution in [3.63, 3.8) is 0 Å². The Balaban J connectivity index is 2.59. The first kappa shape index (κ1) is 13.5. The number of phenolic OH excluding ortho intramolecular Hbond substituents is 2. The lowest BCUT2D eigenvalue weighted by Crippen LogP contribution is -2.14. The number of rotatable bonds is 3. The van der Waals surface area contributed by atoms with Gasteiger partial charge in [0.15, 0.2) is 0 Å². The molecule has 19 heavy (non-hydrogen) atoms. The highest BCUT2D eigenvalue weighted by Crippen LogP contribution is 2.39. The van der Waals surface area contributed by atoms with Crippen LogP contribution >= 0.6 is 23.2 Å². The molecule has 0 fully saturated rings. The minimum atomic E-state index is -0.143. The summed E-state index contributed by atoms with van der Waals surface area (Å²) in [4.78, 5) is 12.3. The summed E-state index contributed by atoms with van der Waals surface area (Å²) in [5, 5.41) is 20.3. The second-order valence-electron chi connectivity index (χ2n) is 3.74. The first-order chi connectivity index (χ1) is 9.02. The molecule has 2 N–H and O–H groups in total. The molecule has 6 heteroatoms. The van der Waals surface area contributed by atoms with Gasteiger partial charge in [-0.25, -0.2) is 0 Å². The standard InChI is InChI=1S/C13H9Cl2NO3/c14-8-1-3-12(18)10(5-8)16(7-17)11-6-9(15)2-4-13(11)19/h1-7,18-19H. The summed E-state index contributed by atoms with van der Waals surface area (Å²) in [7, 11) is 0. The first-order valence-electron chi connectivity index (χ1n) is 5.24. The largest absolute Gasteiger partial charge is 0.506 e. The lowest BCUT2D eigenvalue weighted by atomic mass is 10.2. The molecular weight excluding hydrogens is 289 g/mol. The quantitative estimate of drug-likeness (QED) is 0.849. The van der Waals surface area contributed by atoms with E-state index in [4.69, 9.17) is 23.2 Å². The second-order valence-corrected chi connectivity index (χ2v) is 4.61. The van der Waals surface area contributed by atoms with Crippen molar-refractivity contribution in [2.45, 2.75) is 0 Å². The van der Waals surface area contributed by atoms with Crippen molar-refractivity contribution < 1.29 is 15.0 Å². The van der Waals surface area contributed by atoms with Crippen LogP contribution in [0.3, 0.4) is 0 Å². The normalized spacial score (nSPS) is 10.2. The molecule has 0 unspecified atom stereocenters. The lowest BCUT2D eigenvalue weighted by molar-refractivity contribution is -0.106. The monoisotopic (exact) mass is 297 g/mol. The van der Waals surface area contributed by atoms with Crippen molar-refractivity contribution in [1.29, 1.82) is 0 Å². The van der Waals surface area contributed by atoms with Crippen molar-refractivity contribution in [2.24, 2.45) is 0 Å². The molecule has 0 saturated heterocycles. The van der Waals surface area contributed by atoms with Gasteiger partial charge in [-0.1, -0.05) is 23.2 Å². The van der Waals surface area contributed by atoms with E-state index in [1.165, 1.54) is 36.4 Å². The number of aromatic hydroxyl groups is 2. The van der Waals surface area contributed by atoms with Gasteiger partial charge in [0, 0.05) is 10.0 Å². The molecular formula is C13H9Cl2NO3. The van der Waals surface area contributed by atoms with Crippen molar-refractivity contribution in [3.8, 4) is 11.5 Å². The Bertz CT molecular complexity index is 580. The van der Waals surface area contributed by atoms with Crippen LogP contribution in [0.2, 0.25) is 10.0 Å². The van der Waals surface area contributed by atoms with E-state index >= 15 is 0 Å². The molecule has 0 aliphatic heterocycles. The molecule has 0 aliphatic carbocycles. The molecule has 1 amide bonds. The molecule has 4 nitrogen and oxygen atoms in total. The third kappa shape index (κ3) is 2.75. The Kier molecular flexibility index (Phi) is 3.83. The summed E-state index contributed by atoms with van der Waals surface area (Å²) in [5.74, 6) is -0.285. The van der Waals surface area contributed by atoms with Crippen LogP contribution in [0, 0.1) is 0 Å². The fourth-order valence-corrected chi connectivity index (χ4v) is 1.96. The number of halogens is 2. The predicted molar refractivity (Wildman–Crippen MR) is 74.4 cm³/mol. The van der Waals surface area contributed by atoms with Crippen molar-refractivity contribution in [1.82, 2.24) is 0 Å². The van der Waals surface area contributed by atoms with Crippen LogP contribution in [0.15, 0.2) is 36.4 Å². The molecule has 0 heterocycles. The Labute approximate surface area is 119 Å². The highest BCUT2D eigenvalue weighted by atomic mass is 35.5. The zero-order valence-corrected chi connectivity index (χ0v) is 11.1. The van der Waals surface area contributed by atoms with Gasteiger partial charge in [0.25, 0.3) is 0 Å². The Morgan fingerprint density at radius 1 is 0.895 bits per heavy atom.